The van der Waals surface area contributed by atoms with Crippen molar-refractivity contribution < 1.29 is 9.59 Å². The first kappa shape index (κ1) is 10.7. The molecular weight excluding hydrogens is 160 g/mol. The van der Waals surface area contributed by atoms with Gasteiger partial charge in [0, 0.05) is 0 Å². The minimum Gasteiger partial charge on any atom is -0.316 e. The van der Waals surface area contributed by atoms with Crippen LogP contribution in [0.15, 0.2) is 9.98 Å². The number of carbonyl (C=O) groups excluding carboxylic acids is 2. The average molecular weight is 170 g/mol. The summed E-state index contributed by atoms with van der Waals surface area (Å²) in [6.07, 6.45) is 2.14. The molecule has 6 nitrogen and oxygen atoms in total. The second-order valence-corrected chi connectivity index (χ2v) is 2.16. The molecular formula is C6H10N4O2. The van der Waals surface area contributed by atoms with Crippen LogP contribution in [0.4, 0.5) is 0 Å². The number of nitrogens with two attached hydrogens (primary N) is 2. The molecule has 0 saturated carbocycles. The molecule has 0 fully saturated rings. The molecule has 0 amide bonds. The average Bonchev–Trinajstić information content (AvgIpc) is 2.01. The summed E-state index contributed by atoms with van der Waals surface area (Å²) >= 11 is 0. The highest BCUT2D eigenvalue weighted by Gasteiger charge is 2.05. The number of nitrogens with zero attached hydrogens (tertiary/aromatic N) is 2. The van der Waals surface area contributed by atoms with Crippen LogP contribution >= 0.6 is 0 Å². The van der Waals surface area contributed by atoms with E-state index in [9.17, 15) is 9.59 Å². The summed E-state index contributed by atoms with van der Waals surface area (Å²) in [7, 11) is 0. The summed E-state index contributed by atoms with van der Waals surface area (Å²) in [4.78, 5) is 26.1. The molecule has 4 N–H and O–H groups in total. The Hall–Kier alpha value is -1.32. The zero-order chi connectivity index (χ0) is 9.40. The first-order valence-corrected chi connectivity index (χ1v) is 3.36. The summed E-state index contributed by atoms with van der Waals surface area (Å²) in [6, 6.07) is 0. The predicted octanol–water partition coefficient (Wildman–Crippen LogP) is -0.992. The van der Waals surface area contributed by atoms with Gasteiger partial charge in [0.2, 0.25) is 12.2 Å². The van der Waals surface area contributed by atoms with Gasteiger partial charge in [0.15, 0.2) is 6.17 Å². The van der Waals surface area contributed by atoms with E-state index in [-0.39, 0.29) is 0 Å². The first-order valence-electron chi connectivity index (χ1n) is 3.36. The van der Waals surface area contributed by atoms with E-state index in [1.807, 2.05) is 0 Å². The van der Waals surface area contributed by atoms with Crippen molar-refractivity contribution in [3.05, 3.63) is 0 Å². The molecule has 0 heterocycles. The topological polar surface area (TPSA) is 111 Å². The molecule has 0 spiro atoms. The number of hydrogen-bond donors (Lipinski definition) is 2. The Balaban J connectivity index is 3.95. The molecule has 0 radical (unpaired) electrons. The zero-order valence-electron chi connectivity index (χ0n) is 6.43. The van der Waals surface area contributed by atoms with E-state index in [4.69, 9.17) is 11.5 Å². The fraction of sp³-hybridized carbons (Fsp3) is 0.667. The van der Waals surface area contributed by atoms with Gasteiger partial charge in [-0.15, -0.1) is 0 Å². The van der Waals surface area contributed by atoms with Gasteiger partial charge in [-0.1, -0.05) is 0 Å². The highest BCUT2D eigenvalue weighted by Crippen LogP contribution is 2.02. The van der Waals surface area contributed by atoms with E-state index in [1.165, 1.54) is 12.2 Å². The minimum atomic E-state index is -0.741. The molecule has 0 aromatic carbocycles. The van der Waals surface area contributed by atoms with Crippen LogP contribution in [0.1, 0.15) is 12.8 Å². The maximum absolute atomic E-state index is 9.79. The molecule has 66 valence electrons. The van der Waals surface area contributed by atoms with Crippen molar-refractivity contribution in [3.63, 3.8) is 0 Å². The Labute approximate surface area is 69.4 Å². The van der Waals surface area contributed by atoms with E-state index in [2.05, 4.69) is 9.98 Å². The van der Waals surface area contributed by atoms with Gasteiger partial charge in [-0.2, -0.15) is 9.98 Å². The van der Waals surface area contributed by atoms with Gasteiger partial charge in [-0.05, 0) is 12.8 Å². The SMILES string of the molecule is NC(N)CCC(N=C=O)N=C=O. The Morgan fingerprint density at radius 2 is 1.58 bits per heavy atom. The fourth-order valence-corrected chi connectivity index (χ4v) is 0.621. The van der Waals surface area contributed by atoms with Crippen molar-refractivity contribution in [3.8, 4) is 0 Å². The highest BCUT2D eigenvalue weighted by molar-refractivity contribution is 5.36. The van der Waals surface area contributed by atoms with Gasteiger partial charge in [-0.3, -0.25) is 0 Å². The molecule has 0 aromatic heterocycles. The molecule has 0 aliphatic carbocycles. The van der Waals surface area contributed by atoms with Crippen molar-refractivity contribution in [2.24, 2.45) is 21.5 Å². The second kappa shape index (κ2) is 6.39. The Bertz CT molecular complexity index is 198. The van der Waals surface area contributed by atoms with Crippen LogP contribution in [0, 0.1) is 0 Å². The van der Waals surface area contributed by atoms with Crippen molar-refractivity contribution in [1.29, 1.82) is 0 Å². The third-order valence-electron chi connectivity index (χ3n) is 1.16. The Morgan fingerprint density at radius 3 is 1.92 bits per heavy atom. The van der Waals surface area contributed by atoms with Crippen molar-refractivity contribution in [2.45, 2.75) is 25.2 Å². The standard InChI is InChI=1S/C6H10N4O2/c7-5(8)1-2-6(9-3-11)10-4-12/h5-6H,1-2,7-8H2. The normalized spacial score (nSPS) is 11.6. The third-order valence-corrected chi connectivity index (χ3v) is 1.16. The molecule has 0 bridgehead atoms. The Morgan fingerprint density at radius 1 is 1.08 bits per heavy atom. The molecule has 0 aliphatic rings. The summed E-state index contributed by atoms with van der Waals surface area (Å²) in [5, 5.41) is 0. The van der Waals surface area contributed by atoms with Gasteiger partial charge in [0.1, 0.15) is 0 Å². The minimum absolute atomic E-state index is 0.349. The van der Waals surface area contributed by atoms with E-state index >= 15 is 0 Å². The predicted molar refractivity (Wildman–Crippen MR) is 41.4 cm³/mol. The van der Waals surface area contributed by atoms with Crippen LogP contribution in [0.25, 0.3) is 0 Å². The van der Waals surface area contributed by atoms with Crippen molar-refractivity contribution in [1.82, 2.24) is 0 Å². The lowest BCUT2D eigenvalue weighted by Crippen LogP contribution is -2.30. The maximum Gasteiger partial charge on any atom is 0.237 e. The van der Waals surface area contributed by atoms with Crippen molar-refractivity contribution >= 4 is 12.2 Å². The lowest BCUT2D eigenvalue weighted by atomic mass is 10.2. The van der Waals surface area contributed by atoms with Crippen LogP contribution in [0.2, 0.25) is 0 Å². The van der Waals surface area contributed by atoms with E-state index < -0.39 is 12.3 Å². The van der Waals surface area contributed by atoms with Crippen LogP contribution in [0.3, 0.4) is 0 Å². The number of rotatable bonds is 5. The third kappa shape index (κ3) is 5.46. The van der Waals surface area contributed by atoms with Crippen LogP contribution in [0.5, 0.6) is 0 Å². The van der Waals surface area contributed by atoms with Gasteiger partial charge < -0.3 is 11.5 Å². The fourth-order valence-electron chi connectivity index (χ4n) is 0.621. The van der Waals surface area contributed by atoms with E-state index in [0.717, 1.165) is 0 Å². The smallest absolute Gasteiger partial charge is 0.237 e. The summed E-state index contributed by atoms with van der Waals surface area (Å²) in [5.41, 5.74) is 10.5. The van der Waals surface area contributed by atoms with E-state index in [1.54, 1.807) is 0 Å². The molecule has 0 aliphatic heterocycles. The number of isocyanates is 2. The van der Waals surface area contributed by atoms with Gasteiger partial charge in [0.25, 0.3) is 0 Å². The van der Waals surface area contributed by atoms with Gasteiger partial charge in [0.05, 0.1) is 6.17 Å². The van der Waals surface area contributed by atoms with Crippen LogP contribution in [-0.4, -0.2) is 24.5 Å². The summed E-state index contributed by atoms with van der Waals surface area (Å²) in [6.45, 7) is 0. The number of hydrogen-bond acceptors (Lipinski definition) is 6. The van der Waals surface area contributed by atoms with E-state index in [0.29, 0.717) is 12.8 Å². The second-order valence-electron chi connectivity index (χ2n) is 2.16. The molecule has 12 heavy (non-hydrogen) atoms. The lowest BCUT2D eigenvalue weighted by Gasteiger charge is -2.05. The molecule has 6 heteroatoms. The molecule has 0 atom stereocenters. The zero-order valence-corrected chi connectivity index (χ0v) is 6.43. The summed E-state index contributed by atoms with van der Waals surface area (Å²) < 4.78 is 0. The Kier molecular flexibility index (Phi) is 5.69. The van der Waals surface area contributed by atoms with Crippen molar-refractivity contribution in [2.75, 3.05) is 0 Å². The molecule has 0 saturated heterocycles. The first-order chi connectivity index (χ1) is 5.70. The van der Waals surface area contributed by atoms with Gasteiger partial charge in [-0.25, -0.2) is 9.59 Å². The number of aliphatic imine (C=N–C) groups is 2. The van der Waals surface area contributed by atoms with Crippen LogP contribution < -0.4 is 11.5 Å². The quantitative estimate of drug-likeness (QED) is 0.313. The van der Waals surface area contributed by atoms with Crippen LogP contribution in [-0.2, 0) is 9.59 Å². The summed E-state index contributed by atoms with van der Waals surface area (Å²) in [5.74, 6) is 0. The largest absolute Gasteiger partial charge is 0.316 e. The maximum atomic E-state index is 9.79. The lowest BCUT2D eigenvalue weighted by molar-refractivity contribution is 0.516. The molecule has 0 unspecified atom stereocenters. The molecule has 0 aromatic rings. The monoisotopic (exact) mass is 170 g/mol. The van der Waals surface area contributed by atoms with Gasteiger partial charge >= 0.3 is 0 Å². The highest BCUT2D eigenvalue weighted by atomic mass is 16.1. The molecule has 0 rings (SSSR count).